The first kappa shape index (κ1) is 17.9. The molecule has 1 fully saturated rings. The molecule has 0 spiro atoms. The molecule has 1 amide bonds. The van der Waals surface area contributed by atoms with E-state index in [0.29, 0.717) is 11.3 Å². The van der Waals surface area contributed by atoms with E-state index in [4.69, 9.17) is 9.47 Å². The minimum Gasteiger partial charge on any atom is -0.496 e. The monoisotopic (exact) mass is 357 g/mol. The van der Waals surface area contributed by atoms with Crippen LogP contribution < -0.4 is 10.1 Å². The molecule has 1 saturated carbocycles. The maximum atomic E-state index is 13.1. The van der Waals surface area contributed by atoms with Gasteiger partial charge in [-0.15, -0.1) is 0 Å². The number of rotatable bonds is 6. The van der Waals surface area contributed by atoms with Crippen LogP contribution in [-0.2, 0) is 21.5 Å². The third-order valence-electron chi connectivity index (χ3n) is 4.70. The zero-order valence-corrected chi connectivity index (χ0v) is 14.7. The summed E-state index contributed by atoms with van der Waals surface area (Å²) in [5, 5.41) is 2.91. The van der Waals surface area contributed by atoms with Gasteiger partial charge in [-0.1, -0.05) is 18.2 Å². The van der Waals surface area contributed by atoms with Crippen molar-refractivity contribution in [3.8, 4) is 5.75 Å². The topological polar surface area (TPSA) is 64.6 Å². The Morgan fingerprint density at radius 2 is 1.81 bits per heavy atom. The lowest BCUT2D eigenvalue weighted by Gasteiger charge is -2.16. The third-order valence-corrected chi connectivity index (χ3v) is 4.70. The van der Waals surface area contributed by atoms with E-state index in [1.165, 1.54) is 26.4 Å². The van der Waals surface area contributed by atoms with Crippen LogP contribution in [0.15, 0.2) is 42.5 Å². The van der Waals surface area contributed by atoms with Gasteiger partial charge in [0.25, 0.3) is 0 Å². The van der Waals surface area contributed by atoms with Gasteiger partial charge in [-0.2, -0.15) is 0 Å². The van der Waals surface area contributed by atoms with Gasteiger partial charge in [0.1, 0.15) is 17.1 Å². The number of hydrogen-bond donors (Lipinski definition) is 1. The SMILES string of the molecule is COC(=O)c1cc(CNC(=O)C2(c3ccc(F)cc3)CC2)ccc1OC. The Labute approximate surface area is 151 Å². The molecule has 6 heteroatoms. The van der Waals surface area contributed by atoms with Crippen molar-refractivity contribution in [2.45, 2.75) is 24.8 Å². The molecule has 1 aliphatic rings. The summed E-state index contributed by atoms with van der Waals surface area (Å²) in [6, 6.07) is 11.1. The van der Waals surface area contributed by atoms with E-state index in [1.807, 2.05) is 0 Å². The summed E-state index contributed by atoms with van der Waals surface area (Å²) in [6.45, 7) is 0.274. The van der Waals surface area contributed by atoms with Gasteiger partial charge in [0.05, 0.1) is 19.6 Å². The van der Waals surface area contributed by atoms with Crippen LogP contribution in [0.5, 0.6) is 5.75 Å². The van der Waals surface area contributed by atoms with Crippen molar-refractivity contribution in [3.05, 3.63) is 65.0 Å². The molecule has 5 nitrogen and oxygen atoms in total. The van der Waals surface area contributed by atoms with Crippen molar-refractivity contribution >= 4 is 11.9 Å². The molecule has 0 bridgehead atoms. The molecule has 0 heterocycles. The largest absolute Gasteiger partial charge is 0.496 e. The highest BCUT2D eigenvalue weighted by atomic mass is 19.1. The fourth-order valence-corrected chi connectivity index (χ4v) is 3.03. The Morgan fingerprint density at radius 3 is 2.38 bits per heavy atom. The molecule has 2 aromatic rings. The number of benzene rings is 2. The van der Waals surface area contributed by atoms with Gasteiger partial charge >= 0.3 is 5.97 Å². The van der Waals surface area contributed by atoms with Gasteiger partial charge < -0.3 is 14.8 Å². The molecular formula is C20H20FNO4. The van der Waals surface area contributed by atoms with Gasteiger partial charge in [-0.05, 0) is 48.2 Å². The molecule has 2 aromatic carbocycles. The molecule has 1 aliphatic carbocycles. The summed E-state index contributed by atoms with van der Waals surface area (Å²) in [4.78, 5) is 24.5. The quantitative estimate of drug-likeness (QED) is 0.808. The Morgan fingerprint density at radius 1 is 1.12 bits per heavy atom. The van der Waals surface area contributed by atoms with Crippen LogP contribution in [0.25, 0.3) is 0 Å². The highest BCUT2D eigenvalue weighted by Gasteiger charge is 2.51. The molecule has 3 rings (SSSR count). The van der Waals surface area contributed by atoms with Crippen LogP contribution in [0.3, 0.4) is 0 Å². The molecule has 0 aliphatic heterocycles. The van der Waals surface area contributed by atoms with Crippen molar-refractivity contribution < 1.29 is 23.5 Å². The average Bonchev–Trinajstić information content (AvgIpc) is 3.47. The number of halogens is 1. The van der Waals surface area contributed by atoms with Crippen LogP contribution in [0.1, 0.15) is 34.3 Å². The zero-order valence-electron chi connectivity index (χ0n) is 14.7. The highest BCUT2D eigenvalue weighted by molar-refractivity contribution is 5.93. The molecule has 136 valence electrons. The fourth-order valence-electron chi connectivity index (χ4n) is 3.03. The second-order valence-corrected chi connectivity index (χ2v) is 6.30. The van der Waals surface area contributed by atoms with Crippen LogP contribution in [-0.4, -0.2) is 26.1 Å². The smallest absolute Gasteiger partial charge is 0.341 e. The van der Waals surface area contributed by atoms with Crippen LogP contribution in [0.4, 0.5) is 4.39 Å². The summed E-state index contributed by atoms with van der Waals surface area (Å²) in [6.07, 6.45) is 1.47. The van der Waals surface area contributed by atoms with Crippen LogP contribution in [0, 0.1) is 5.82 Å². The van der Waals surface area contributed by atoms with E-state index in [2.05, 4.69) is 5.32 Å². The van der Waals surface area contributed by atoms with Gasteiger partial charge in [0.2, 0.25) is 5.91 Å². The maximum Gasteiger partial charge on any atom is 0.341 e. The van der Waals surface area contributed by atoms with Gasteiger partial charge in [0.15, 0.2) is 0 Å². The Bertz CT molecular complexity index is 828. The zero-order chi connectivity index (χ0) is 18.7. The highest BCUT2D eigenvalue weighted by Crippen LogP contribution is 2.48. The predicted molar refractivity (Wildman–Crippen MR) is 93.5 cm³/mol. The van der Waals surface area contributed by atoms with Crippen molar-refractivity contribution in [2.75, 3.05) is 14.2 Å². The lowest BCUT2D eigenvalue weighted by atomic mass is 9.95. The Kier molecular flexibility index (Phi) is 4.93. The third kappa shape index (κ3) is 3.40. The first-order chi connectivity index (χ1) is 12.5. The standard InChI is InChI=1S/C20H20FNO4/c1-25-17-8-3-13(11-16(17)18(23)26-2)12-22-19(24)20(9-10-20)14-4-6-15(21)7-5-14/h3-8,11H,9-10,12H2,1-2H3,(H,22,24). The first-order valence-electron chi connectivity index (χ1n) is 8.30. The molecule has 0 unspecified atom stereocenters. The van der Waals surface area contributed by atoms with Crippen molar-refractivity contribution in [3.63, 3.8) is 0 Å². The maximum absolute atomic E-state index is 13.1. The predicted octanol–water partition coefficient (Wildman–Crippen LogP) is 2.97. The molecular weight excluding hydrogens is 337 g/mol. The normalized spacial score (nSPS) is 14.4. The number of amides is 1. The molecule has 1 N–H and O–H groups in total. The molecule has 0 radical (unpaired) electrons. The van der Waals surface area contributed by atoms with E-state index in [1.54, 1.807) is 30.3 Å². The fraction of sp³-hybridized carbons (Fsp3) is 0.300. The van der Waals surface area contributed by atoms with Crippen LogP contribution >= 0.6 is 0 Å². The number of ether oxygens (including phenoxy) is 2. The second kappa shape index (κ2) is 7.15. The van der Waals surface area contributed by atoms with Gasteiger partial charge in [-0.25, -0.2) is 9.18 Å². The van der Waals surface area contributed by atoms with E-state index in [9.17, 15) is 14.0 Å². The van der Waals surface area contributed by atoms with E-state index in [-0.39, 0.29) is 18.3 Å². The number of carbonyl (C=O) groups is 2. The van der Waals surface area contributed by atoms with Gasteiger partial charge in [-0.3, -0.25) is 4.79 Å². The Balaban J connectivity index is 1.72. The minimum atomic E-state index is -0.578. The van der Waals surface area contributed by atoms with Crippen molar-refractivity contribution in [1.29, 1.82) is 0 Å². The number of hydrogen-bond acceptors (Lipinski definition) is 4. The van der Waals surface area contributed by atoms with E-state index >= 15 is 0 Å². The van der Waals surface area contributed by atoms with E-state index in [0.717, 1.165) is 24.0 Å². The first-order valence-corrected chi connectivity index (χ1v) is 8.30. The number of carbonyl (C=O) groups excluding carboxylic acids is 2. The summed E-state index contributed by atoms with van der Waals surface area (Å²) in [5.41, 5.74) is 1.31. The molecule has 26 heavy (non-hydrogen) atoms. The average molecular weight is 357 g/mol. The van der Waals surface area contributed by atoms with Crippen molar-refractivity contribution in [1.82, 2.24) is 5.32 Å². The number of nitrogens with one attached hydrogen (secondary N) is 1. The Hall–Kier alpha value is -2.89. The second-order valence-electron chi connectivity index (χ2n) is 6.30. The summed E-state index contributed by atoms with van der Waals surface area (Å²) < 4.78 is 23.0. The lowest BCUT2D eigenvalue weighted by Crippen LogP contribution is -2.34. The molecule has 0 saturated heterocycles. The number of esters is 1. The van der Waals surface area contributed by atoms with Gasteiger partial charge in [0, 0.05) is 6.54 Å². The minimum absolute atomic E-state index is 0.0976. The summed E-state index contributed by atoms with van der Waals surface area (Å²) in [7, 11) is 2.78. The van der Waals surface area contributed by atoms with Crippen LogP contribution in [0.2, 0.25) is 0 Å². The number of methoxy groups -OCH3 is 2. The molecule has 0 aromatic heterocycles. The van der Waals surface area contributed by atoms with E-state index < -0.39 is 11.4 Å². The summed E-state index contributed by atoms with van der Waals surface area (Å²) in [5.74, 6) is -0.505. The molecule has 0 atom stereocenters. The summed E-state index contributed by atoms with van der Waals surface area (Å²) >= 11 is 0. The lowest BCUT2D eigenvalue weighted by molar-refractivity contribution is -0.123. The van der Waals surface area contributed by atoms with Crippen molar-refractivity contribution in [2.24, 2.45) is 0 Å².